The minimum atomic E-state index is 0.408. The van der Waals surface area contributed by atoms with Crippen LogP contribution in [0.5, 0.6) is 11.5 Å². The molecule has 2 rings (SSSR count). The van der Waals surface area contributed by atoms with Gasteiger partial charge in [0.1, 0.15) is 11.5 Å². The molecular weight excluding hydrogens is 278 g/mol. The van der Waals surface area contributed by atoms with Gasteiger partial charge in [-0.15, -0.1) is 10.2 Å². The molecule has 1 N–H and O–H groups in total. The quantitative estimate of drug-likeness (QED) is 0.935. The first kappa shape index (κ1) is 14.4. The Bertz CT molecular complexity index is 632. The Morgan fingerprint density at radius 2 is 1.80 bits per heavy atom. The van der Waals surface area contributed by atoms with E-state index < -0.39 is 0 Å². The maximum Gasteiger partial charge on any atom is 0.156 e. The predicted octanol–water partition coefficient (Wildman–Crippen LogP) is 3.51. The largest absolute Gasteiger partial charge is 0.497 e. The van der Waals surface area contributed by atoms with Crippen LogP contribution >= 0.6 is 11.6 Å². The Kier molecular flexibility index (Phi) is 4.29. The van der Waals surface area contributed by atoms with Gasteiger partial charge >= 0.3 is 0 Å². The van der Waals surface area contributed by atoms with E-state index in [0.717, 1.165) is 22.6 Å². The molecule has 0 spiro atoms. The molecule has 0 aliphatic carbocycles. The lowest BCUT2D eigenvalue weighted by atomic mass is 10.2. The van der Waals surface area contributed by atoms with Crippen molar-refractivity contribution in [3.05, 3.63) is 34.5 Å². The van der Waals surface area contributed by atoms with Gasteiger partial charge in [0.05, 0.1) is 19.9 Å². The van der Waals surface area contributed by atoms with Gasteiger partial charge in [-0.3, -0.25) is 0 Å². The zero-order valence-electron chi connectivity index (χ0n) is 11.8. The topological polar surface area (TPSA) is 56.3 Å². The highest BCUT2D eigenvalue weighted by Gasteiger charge is 2.11. The summed E-state index contributed by atoms with van der Waals surface area (Å²) in [6, 6.07) is 5.49. The fraction of sp³-hybridized carbons (Fsp3) is 0.286. The zero-order chi connectivity index (χ0) is 14.7. The molecule has 0 radical (unpaired) electrons. The van der Waals surface area contributed by atoms with Gasteiger partial charge in [-0.1, -0.05) is 11.6 Å². The fourth-order valence-corrected chi connectivity index (χ4v) is 1.91. The molecule has 1 aromatic heterocycles. The summed E-state index contributed by atoms with van der Waals surface area (Å²) in [5.41, 5.74) is 2.59. The molecule has 0 fully saturated rings. The van der Waals surface area contributed by atoms with Gasteiger partial charge in [-0.05, 0) is 37.1 Å². The van der Waals surface area contributed by atoms with Crippen LogP contribution in [0.2, 0.25) is 5.15 Å². The molecule has 0 aliphatic heterocycles. The number of ether oxygens (including phenoxy) is 2. The maximum atomic E-state index is 5.95. The van der Waals surface area contributed by atoms with Crippen molar-refractivity contribution in [2.24, 2.45) is 0 Å². The van der Waals surface area contributed by atoms with E-state index in [1.165, 1.54) is 0 Å². The third kappa shape index (κ3) is 2.77. The first-order chi connectivity index (χ1) is 9.56. The van der Waals surface area contributed by atoms with Crippen LogP contribution < -0.4 is 14.8 Å². The number of benzene rings is 1. The number of hydrogen-bond acceptors (Lipinski definition) is 5. The fourth-order valence-electron chi connectivity index (χ4n) is 1.73. The highest BCUT2D eigenvalue weighted by atomic mass is 35.5. The highest BCUT2D eigenvalue weighted by Crippen LogP contribution is 2.32. The third-order valence-corrected chi connectivity index (χ3v) is 3.48. The number of rotatable bonds is 4. The van der Waals surface area contributed by atoms with Crippen LogP contribution in [0.15, 0.2) is 18.2 Å². The van der Waals surface area contributed by atoms with E-state index in [2.05, 4.69) is 15.5 Å². The Morgan fingerprint density at radius 3 is 2.45 bits per heavy atom. The normalized spacial score (nSPS) is 10.2. The van der Waals surface area contributed by atoms with Gasteiger partial charge in [0.25, 0.3) is 0 Å². The molecule has 0 unspecified atom stereocenters. The second-order valence-electron chi connectivity index (χ2n) is 4.28. The van der Waals surface area contributed by atoms with Crippen molar-refractivity contribution in [3.63, 3.8) is 0 Å². The van der Waals surface area contributed by atoms with Gasteiger partial charge in [0, 0.05) is 6.07 Å². The molecule has 0 atom stereocenters. The van der Waals surface area contributed by atoms with Gasteiger partial charge < -0.3 is 14.8 Å². The summed E-state index contributed by atoms with van der Waals surface area (Å²) in [6.45, 7) is 3.84. The lowest BCUT2D eigenvalue weighted by Gasteiger charge is -2.14. The van der Waals surface area contributed by atoms with Crippen LogP contribution in [0.3, 0.4) is 0 Å². The van der Waals surface area contributed by atoms with Crippen molar-refractivity contribution in [2.45, 2.75) is 13.8 Å². The number of hydrogen-bond donors (Lipinski definition) is 1. The second-order valence-corrected chi connectivity index (χ2v) is 4.64. The van der Waals surface area contributed by atoms with Crippen LogP contribution in [-0.4, -0.2) is 24.4 Å². The average Bonchev–Trinajstić information content (AvgIpc) is 2.47. The molecule has 6 heteroatoms. The number of methoxy groups -OCH3 is 2. The summed E-state index contributed by atoms with van der Waals surface area (Å²) < 4.78 is 10.5. The number of anilines is 2. The minimum absolute atomic E-state index is 0.408. The standard InChI is InChI=1S/C14H16ClN3O2/c1-8-9(2)14(18-17-13(8)15)16-11-7-10(19-3)5-6-12(11)20-4/h5-7H,1-4H3,(H,16,18). The van der Waals surface area contributed by atoms with E-state index in [4.69, 9.17) is 21.1 Å². The van der Waals surface area contributed by atoms with Crippen LogP contribution in [-0.2, 0) is 0 Å². The molecule has 0 saturated carbocycles. The summed E-state index contributed by atoms with van der Waals surface area (Å²) in [4.78, 5) is 0. The predicted molar refractivity (Wildman–Crippen MR) is 79.3 cm³/mol. The van der Waals surface area contributed by atoms with Crippen molar-refractivity contribution < 1.29 is 9.47 Å². The van der Waals surface area contributed by atoms with E-state index in [-0.39, 0.29) is 0 Å². The molecule has 1 heterocycles. The zero-order valence-corrected chi connectivity index (χ0v) is 12.6. The van der Waals surface area contributed by atoms with Crippen molar-refractivity contribution in [3.8, 4) is 11.5 Å². The van der Waals surface area contributed by atoms with Crippen LogP contribution in [0.1, 0.15) is 11.1 Å². The molecule has 0 aliphatic rings. The molecule has 0 amide bonds. The average molecular weight is 294 g/mol. The molecule has 2 aromatic rings. The molecule has 5 nitrogen and oxygen atoms in total. The summed E-state index contributed by atoms with van der Waals surface area (Å²) in [7, 11) is 3.22. The Balaban J connectivity index is 2.41. The lowest BCUT2D eigenvalue weighted by molar-refractivity contribution is 0.405. The third-order valence-electron chi connectivity index (χ3n) is 3.12. The first-order valence-corrected chi connectivity index (χ1v) is 6.43. The van der Waals surface area contributed by atoms with Crippen LogP contribution in [0, 0.1) is 13.8 Å². The number of aromatic nitrogens is 2. The van der Waals surface area contributed by atoms with E-state index in [1.807, 2.05) is 32.0 Å². The summed E-state index contributed by atoms with van der Waals surface area (Å²) in [5.74, 6) is 2.06. The number of halogens is 1. The lowest BCUT2D eigenvalue weighted by Crippen LogP contribution is -2.03. The monoisotopic (exact) mass is 293 g/mol. The Morgan fingerprint density at radius 1 is 1.05 bits per heavy atom. The second kappa shape index (κ2) is 5.96. The van der Waals surface area contributed by atoms with Crippen molar-refractivity contribution in [1.82, 2.24) is 10.2 Å². The molecule has 1 aromatic carbocycles. The SMILES string of the molecule is COc1ccc(OC)c(Nc2nnc(Cl)c(C)c2C)c1. The molecule has 106 valence electrons. The molecule has 20 heavy (non-hydrogen) atoms. The van der Waals surface area contributed by atoms with E-state index in [9.17, 15) is 0 Å². The van der Waals surface area contributed by atoms with Gasteiger partial charge in [-0.2, -0.15) is 0 Å². The molecule has 0 bridgehead atoms. The maximum absolute atomic E-state index is 5.95. The van der Waals surface area contributed by atoms with Gasteiger partial charge in [0.2, 0.25) is 0 Å². The molecule has 0 saturated heterocycles. The van der Waals surface area contributed by atoms with Crippen molar-refractivity contribution >= 4 is 23.1 Å². The summed E-state index contributed by atoms with van der Waals surface area (Å²) in [6.07, 6.45) is 0. The smallest absolute Gasteiger partial charge is 0.156 e. The Labute approximate surface area is 122 Å². The van der Waals surface area contributed by atoms with Gasteiger partial charge in [0.15, 0.2) is 11.0 Å². The van der Waals surface area contributed by atoms with Crippen LogP contribution in [0.4, 0.5) is 11.5 Å². The highest BCUT2D eigenvalue weighted by molar-refractivity contribution is 6.30. The summed E-state index contributed by atoms with van der Waals surface area (Å²) in [5, 5.41) is 11.6. The van der Waals surface area contributed by atoms with Crippen molar-refractivity contribution in [1.29, 1.82) is 0 Å². The first-order valence-electron chi connectivity index (χ1n) is 6.05. The summed E-state index contributed by atoms with van der Waals surface area (Å²) >= 11 is 5.95. The van der Waals surface area contributed by atoms with E-state index in [0.29, 0.717) is 16.7 Å². The Hall–Kier alpha value is -2.01. The van der Waals surface area contributed by atoms with E-state index in [1.54, 1.807) is 14.2 Å². The van der Waals surface area contributed by atoms with Crippen molar-refractivity contribution in [2.75, 3.05) is 19.5 Å². The van der Waals surface area contributed by atoms with Gasteiger partial charge in [-0.25, -0.2) is 0 Å². The van der Waals surface area contributed by atoms with Crippen LogP contribution in [0.25, 0.3) is 0 Å². The van der Waals surface area contributed by atoms with E-state index >= 15 is 0 Å². The number of nitrogens with one attached hydrogen (secondary N) is 1. The minimum Gasteiger partial charge on any atom is -0.497 e. The molecular formula is C14H16ClN3O2. The number of nitrogens with zero attached hydrogens (tertiary/aromatic N) is 2.